The van der Waals surface area contributed by atoms with Gasteiger partial charge in [-0.3, -0.25) is 4.79 Å². The van der Waals surface area contributed by atoms with Gasteiger partial charge in [0, 0.05) is 36.0 Å². The third kappa shape index (κ3) is 4.64. The molecule has 10 heteroatoms. The maximum atomic E-state index is 13.9. The van der Waals surface area contributed by atoms with Crippen LogP contribution in [0.2, 0.25) is 0 Å². The van der Waals surface area contributed by atoms with Gasteiger partial charge in [-0.1, -0.05) is 0 Å². The van der Waals surface area contributed by atoms with Crippen molar-refractivity contribution in [2.75, 3.05) is 12.9 Å². The Bertz CT molecular complexity index is 1660. The van der Waals surface area contributed by atoms with Gasteiger partial charge in [-0.15, -0.1) is 0 Å². The summed E-state index contributed by atoms with van der Waals surface area (Å²) in [7, 11) is -2.04. The molecule has 0 saturated carbocycles. The van der Waals surface area contributed by atoms with Gasteiger partial charge in [0.15, 0.2) is 9.84 Å². The number of rotatable bonds is 6. The zero-order chi connectivity index (χ0) is 26.4. The monoisotopic (exact) mass is 512 g/mol. The van der Waals surface area contributed by atoms with Crippen LogP contribution in [-0.4, -0.2) is 36.8 Å². The number of sulfone groups is 1. The maximum absolute atomic E-state index is 13.9. The molecule has 0 bridgehead atoms. The molecule has 4 aromatic rings. The van der Waals surface area contributed by atoms with E-state index in [1.54, 1.807) is 34.0 Å². The van der Waals surface area contributed by atoms with E-state index >= 15 is 0 Å². The number of esters is 1. The summed E-state index contributed by atoms with van der Waals surface area (Å²) in [5.74, 6) is -0.310. The number of benzene rings is 2. The average molecular weight is 513 g/mol. The fraction of sp³-hybridized carbons (Fsp3) is 0.231. The minimum Gasteiger partial charge on any atom is -0.461 e. The van der Waals surface area contributed by atoms with Crippen molar-refractivity contribution in [3.8, 4) is 22.6 Å². The highest BCUT2D eigenvalue weighted by Gasteiger charge is 2.21. The van der Waals surface area contributed by atoms with Gasteiger partial charge < -0.3 is 19.0 Å². The lowest BCUT2D eigenvalue weighted by Gasteiger charge is -2.17. The Labute approximate surface area is 207 Å². The van der Waals surface area contributed by atoms with Crippen molar-refractivity contribution in [3.05, 3.63) is 75.6 Å². The number of halogens is 1. The van der Waals surface area contributed by atoms with Crippen LogP contribution in [0.5, 0.6) is 11.5 Å². The first-order chi connectivity index (χ1) is 16.9. The highest BCUT2D eigenvalue weighted by Crippen LogP contribution is 2.40. The quantitative estimate of drug-likeness (QED) is 0.377. The molecule has 0 aliphatic heterocycles. The summed E-state index contributed by atoms with van der Waals surface area (Å²) < 4.78 is 51.2. The first-order valence-electron chi connectivity index (χ1n) is 11.1. The zero-order valence-electron chi connectivity index (χ0n) is 20.4. The largest absolute Gasteiger partial charge is 0.461 e. The molecule has 0 atom stereocenters. The number of ether oxygens (including phenoxy) is 2. The minimum atomic E-state index is -3.59. The normalized spacial score (nSPS) is 11.6. The summed E-state index contributed by atoms with van der Waals surface area (Å²) in [5, 5.41) is 0.393. The molecular weight excluding hydrogens is 487 g/mol. The third-order valence-electron chi connectivity index (χ3n) is 5.77. The number of H-pyrrole nitrogens is 1. The maximum Gasteiger partial charge on any atom is 0.354 e. The lowest BCUT2D eigenvalue weighted by atomic mass is 10.0. The van der Waals surface area contributed by atoms with Crippen LogP contribution in [0.4, 0.5) is 4.39 Å². The van der Waals surface area contributed by atoms with Crippen molar-refractivity contribution < 1.29 is 27.1 Å². The van der Waals surface area contributed by atoms with E-state index in [1.807, 2.05) is 0 Å². The summed E-state index contributed by atoms with van der Waals surface area (Å²) in [4.78, 5) is 28.1. The van der Waals surface area contributed by atoms with Crippen molar-refractivity contribution in [2.24, 2.45) is 7.05 Å². The van der Waals surface area contributed by atoms with Crippen molar-refractivity contribution in [1.82, 2.24) is 9.55 Å². The topological polar surface area (TPSA) is 107 Å². The van der Waals surface area contributed by atoms with Crippen LogP contribution in [0.3, 0.4) is 0 Å². The Morgan fingerprint density at radius 2 is 1.75 bits per heavy atom. The molecule has 8 nitrogen and oxygen atoms in total. The van der Waals surface area contributed by atoms with E-state index in [4.69, 9.17) is 9.47 Å². The number of nitrogens with zero attached hydrogens (tertiary/aromatic N) is 1. The second kappa shape index (κ2) is 9.27. The molecule has 0 aliphatic rings. The van der Waals surface area contributed by atoms with E-state index < -0.39 is 21.6 Å². The highest BCUT2D eigenvalue weighted by atomic mass is 32.2. The first kappa shape index (κ1) is 25.2. The highest BCUT2D eigenvalue weighted by molar-refractivity contribution is 7.90. The van der Waals surface area contributed by atoms with E-state index in [-0.39, 0.29) is 28.3 Å². The van der Waals surface area contributed by atoms with E-state index in [1.165, 1.54) is 41.0 Å². The number of hydrogen-bond donors (Lipinski definition) is 1. The zero-order valence-corrected chi connectivity index (χ0v) is 21.2. The van der Waals surface area contributed by atoms with Crippen LogP contribution >= 0.6 is 0 Å². The molecule has 0 amide bonds. The fourth-order valence-electron chi connectivity index (χ4n) is 4.07. The Balaban J connectivity index is 2.02. The number of pyridine rings is 1. The number of nitrogens with one attached hydrogen (secondary N) is 1. The number of carbonyl (C=O) groups is 1. The second-order valence-corrected chi connectivity index (χ2v) is 10.6. The molecule has 1 N–H and O–H groups in total. The van der Waals surface area contributed by atoms with E-state index in [9.17, 15) is 22.4 Å². The summed E-state index contributed by atoms with van der Waals surface area (Å²) in [6.07, 6.45) is 2.64. The third-order valence-corrected chi connectivity index (χ3v) is 6.88. The molecule has 0 radical (unpaired) electrons. The molecule has 0 fully saturated rings. The molecule has 4 rings (SSSR count). The van der Waals surface area contributed by atoms with Crippen LogP contribution < -0.4 is 10.3 Å². The van der Waals surface area contributed by atoms with Crippen LogP contribution in [-0.2, 0) is 21.6 Å². The predicted octanol–water partition coefficient (Wildman–Crippen LogP) is 4.66. The van der Waals surface area contributed by atoms with Gasteiger partial charge in [0.25, 0.3) is 5.56 Å². The number of fused-ring (bicyclic) bond motifs is 1. The number of aryl methyl sites for hydroxylation is 3. The fourth-order valence-corrected chi connectivity index (χ4v) is 4.72. The summed E-state index contributed by atoms with van der Waals surface area (Å²) in [6.45, 7) is 5.24. The van der Waals surface area contributed by atoms with Crippen molar-refractivity contribution in [1.29, 1.82) is 0 Å². The van der Waals surface area contributed by atoms with Crippen LogP contribution in [0.15, 0.2) is 52.3 Å². The molecule has 188 valence electrons. The Morgan fingerprint density at radius 3 is 2.36 bits per heavy atom. The van der Waals surface area contributed by atoms with Crippen LogP contribution in [0.25, 0.3) is 22.0 Å². The molecule has 2 aromatic carbocycles. The molecule has 2 heterocycles. The summed E-state index contributed by atoms with van der Waals surface area (Å²) in [5.41, 5.74) is 1.81. The van der Waals surface area contributed by atoms with Crippen LogP contribution in [0.1, 0.15) is 28.5 Å². The van der Waals surface area contributed by atoms with Crippen molar-refractivity contribution in [2.45, 2.75) is 25.7 Å². The smallest absolute Gasteiger partial charge is 0.354 e. The first-order valence-corrected chi connectivity index (χ1v) is 13.0. The van der Waals surface area contributed by atoms with Gasteiger partial charge in [-0.05, 0) is 68.3 Å². The summed E-state index contributed by atoms with van der Waals surface area (Å²) in [6, 6.07) is 8.57. The molecule has 0 unspecified atom stereocenters. The Morgan fingerprint density at radius 1 is 1.08 bits per heavy atom. The van der Waals surface area contributed by atoms with Crippen LogP contribution in [0, 0.1) is 19.7 Å². The number of hydrogen-bond acceptors (Lipinski definition) is 6. The predicted molar refractivity (Wildman–Crippen MR) is 134 cm³/mol. The minimum absolute atomic E-state index is 0.0422. The lowest BCUT2D eigenvalue weighted by molar-refractivity contribution is 0.0520. The molecule has 0 saturated heterocycles. The second-order valence-electron chi connectivity index (χ2n) is 8.55. The SMILES string of the molecule is CCOC(=O)c1cc2c(-c3cc(S(C)(=O)=O)ccc3Oc3c(C)cc(F)cc3C)cn(C)c(=O)c2[nH]1. The van der Waals surface area contributed by atoms with Crippen molar-refractivity contribution in [3.63, 3.8) is 0 Å². The molecule has 36 heavy (non-hydrogen) atoms. The summed E-state index contributed by atoms with van der Waals surface area (Å²) >= 11 is 0. The lowest BCUT2D eigenvalue weighted by Crippen LogP contribution is -2.17. The molecular formula is C26H25FN2O6S. The van der Waals surface area contributed by atoms with E-state index in [0.29, 0.717) is 39.1 Å². The Kier molecular flexibility index (Phi) is 6.48. The average Bonchev–Trinajstić information content (AvgIpc) is 3.24. The number of aromatic nitrogens is 2. The van der Waals surface area contributed by atoms with Gasteiger partial charge in [-0.2, -0.15) is 0 Å². The number of aromatic amines is 1. The van der Waals surface area contributed by atoms with Gasteiger partial charge in [-0.25, -0.2) is 17.6 Å². The van der Waals surface area contributed by atoms with Gasteiger partial charge in [0.05, 0.1) is 11.5 Å². The molecule has 2 aromatic heterocycles. The van der Waals surface area contributed by atoms with Crippen molar-refractivity contribution >= 4 is 26.7 Å². The van der Waals surface area contributed by atoms with E-state index in [0.717, 1.165) is 6.26 Å². The number of carbonyl (C=O) groups excluding carboxylic acids is 1. The van der Waals surface area contributed by atoms with Gasteiger partial charge >= 0.3 is 5.97 Å². The van der Waals surface area contributed by atoms with Gasteiger partial charge in [0.1, 0.15) is 28.5 Å². The standard InChI is InChI=1S/C26H25FN2O6S/c1-6-34-26(31)21-12-19-20(13-29(4)25(30)23(19)28-21)18-11-17(36(5,32)33)7-8-22(18)35-24-14(2)9-16(27)10-15(24)3/h7-13,28H,6H2,1-5H3. The van der Waals surface area contributed by atoms with Gasteiger partial charge in [0.2, 0.25) is 0 Å². The van der Waals surface area contributed by atoms with E-state index in [2.05, 4.69) is 4.98 Å². The molecule has 0 aliphatic carbocycles. The Hall–Kier alpha value is -3.92. The molecule has 0 spiro atoms.